The summed E-state index contributed by atoms with van der Waals surface area (Å²) in [5.41, 5.74) is 0.198. The molecule has 3 nitrogen and oxygen atoms in total. The van der Waals surface area contributed by atoms with E-state index in [9.17, 15) is 13.6 Å². The Bertz CT molecular complexity index is 348. The lowest BCUT2D eigenvalue weighted by molar-refractivity contribution is 0.0221. The Kier molecular flexibility index (Phi) is 3.57. The average Bonchev–Trinajstić information content (AvgIpc) is 2.14. The van der Waals surface area contributed by atoms with E-state index in [1.54, 1.807) is 0 Å². The quantitative estimate of drug-likeness (QED) is 0.814. The van der Waals surface area contributed by atoms with Gasteiger partial charge in [0.1, 0.15) is 5.15 Å². The third-order valence-electron chi connectivity index (χ3n) is 1.55. The van der Waals surface area contributed by atoms with Gasteiger partial charge >= 0.3 is 0 Å². The number of carbonyl (C=O) groups excluding carboxylic acids is 1. The van der Waals surface area contributed by atoms with Crippen molar-refractivity contribution in [3.05, 3.63) is 29.0 Å². The number of hydrogen-bond acceptors (Lipinski definition) is 2. The van der Waals surface area contributed by atoms with Crippen LogP contribution >= 0.6 is 11.6 Å². The third-order valence-corrected chi connectivity index (χ3v) is 1.77. The molecule has 0 radical (unpaired) electrons. The van der Waals surface area contributed by atoms with E-state index >= 15 is 0 Å². The summed E-state index contributed by atoms with van der Waals surface area (Å²) in [6.45, 7) is 0.0296. The predicted molar refractivity (Wildman–Crippen MR) is 52.2 cm³/mol. The fraction of sp³-hybridized carbons (Fsp3) is 0.333. The van der Waals surface area contributed by atoms with Crippen LogP contribution in [-0.2, 0) is 0 Å². The second-order valence-electron chi connectivity index (χ2n) is 3.12. The number of nitrogens with zero attached hydrogens (tertiary/aromatic N) is 1. The molecule has 0 aromatic carbocycles. The summed E-state index contributed by atoms with van der Waals surface area (Å²) in [7, 11) is 0. The second-order valence-corrected chi connectivity index (χ2v) is 3.51. The molecular formula is C9H9ClF2N2O. The van der Waals surface area contributed by atoms with Gasteiger partial charge in [0, 0.05) is 13.1 Å². The van der Waals surface area contributed by atoms with Crippen LogP contribution in [0.2, 0.25) is 5.15 Å². The Morgan fingerprint density at radius 2 is 2.27 bits per heavy atom. The van der Waals surface area contributed by atoms with Gasteiger partial charge in [0.15, 0.2) is 0 Å². The fourth-order valence-electron chi connectivity index (χ4n) is 0.848. The van der Waals surface area contributed by atoms with Gasteiger partial charge in [0.25, 0.3) is 11.8 Å². The Labute approximate surface area is 90.5 Å². The first kappa shape index (κ1) is 11.8. The molecule has 0 unspecified atom stereocenters. The summed E-state index contributed by atoms with van der Waals surface area (Å²) in [5.74, 6) is -3.52. The maximum atomic E-state index is 12.4. The first-order valence-electron chi connectivity index (χ1n) is 4.16. The standard InChI is InChI=1S/C9H9ClF2N2O/c1-9(11,12)5-14-8(15)6-2-3-7(10)13-4-6/h2-4H,5H2,1H3,(H,14,15). The molecule has 0 saturated heterocycles. The average molecular weight is 235 g/mol. The minimum absolute atomic E-state index is 0.198. The van der Waals surface area contributed by atoms with Crippen LogP contribution < -0.4 is 5.32 Å². The van der Waals surface area contributed by atoms with Gasteiger partial charge in [-0.3, -0.25) is 4.79 Å². The normalized spacial score (nSPS) is 11.2. The number of carbonyl (C=O) groups is 1. The zero-order chi connectivity index (χ0) is 11.5. The minimum atomic E-state index is -2.92. The third kappa shape index (κ3) is 4.20. The molecule has 1 heterocycles. The summed E-state index contributed by atoms with van der Waals surface area (Å²) in [6, 6.07) is 2.83. The first-order valence-corrected chi connectivity index (χ1v) is 4.54. The Morgan fingerprint density at radius 3 is 2.73 bits per heavy atom. The van der Waals surface area contributed by atoms with Crippen LogP contribution in [0.1, 0.15) is 17.3 Å². The second kappa shape index (κ2) is 4.53. The zero-order valence-electron chi connectivity index (χ0n) is 7.93. The fourth-order valence-corrected chi connectivity index (χ4v) is 0.959. The van der Waals surface area contributed by atoms with Crippen LogP contribution in [0, 0.1) is 0 Å². The van der Waals surface area contributed by atoms with Gasteiger partial charge < -0.3 is 5.32 Å². The number of halogens is 3. The van der Waals surface area contributed by atoms with Crippen molar-refractivity contribution in [1.82, 2.24) is 10.3 Å². The molecule has 1 N–H and O–H groups in total. The van der Waals surface area contributed by atoms with Crippen LogP contribution in [0.25, 0.3) is 0 Å². The van der Waals surface area contributed by atoms with Crippen molar-refractivity contribution in [1.29, 1.82) is 0 Å². The number of pyridine rings is 1. The smallest absolute Gasteiger partial charge is 0.262 e. The highest BCUT2D eigenvalue weighted by Gasteiger charge is 2.22. The molecule has 1 amide bonds. The molecular weight excluding hydrogens is 226 g/mol. The van der Waals surface area contributed by atoms with Gasteiger partial charge in [-0.15, -0.1) is 0 Å². The molecule has 0 fully saturated rings. The Hall–Kier alpha value is -1.23. The SMILES string of the molecule is CC(F)(F)CNC(=O)c1ccc(Cl)nc1. The molecule has 0 saturated carbocycles. The molecule has 0 aliphatic heterocycles. The number of nitrogens with one attached hydrogen (secondary N) is 1. The minimum Gasteiger partial charge on any atom is -0.346 e. The van der Waals surface area contributed by atoms with Crippen LogP contribution in [0.5, 0.6) is 0 Å². The van der Waals surface area contributed by atoms with Gasteiger partial charge in [-0.2, -0.15) is 0 Å². The molecule has 1 aromatic heterocycles. The van der Waals surface area contributed by atoms with E-state index < -0.39 is 18.4 Å². The summed E-state index contributed by atoms with van der Waals surface area (Å²) in [4.78, 5) is 14.9. The summed E-state index contributed by atoms with van der Waals surface area (Å²) >= 11 is 5.50. The number of amides is 1. The van der Waals surface area contributed by atoms with Crippen LogP contribution in [0.3, 0.4) is 0 Å². The first-order chi connectivity index (χ1) is 6.88. The van der Waals surface area contributed by atoms with Crippen molar-refractivity contribution in [3.8, 4) is 0 Å². The van der Waals surface area contributed by atoms with Crippen LogP contribution in [-0.4, -0.2) is 23.4 Å². The van der Waals surface area contributed by atoms with Crippen molar-refractivity contribution in [2.45, 2.75) is 12.8 Å². The van der Waals surface area contributed by atoms with Crippen molar-refractivity contribution in [3.63, 3.8) is 0 Å². The number of rotatable bonds is 3. The van der Waals surface area contributed by atoms with Crippen molar-refractivity contribution in [2.24, 2.45) is 0 Å². The lowest BCUT2D eigenvalue weighted by atomic mass is 10.2. The highest BCUT2D eigenvalue weighted by atomic mass is 35.5. The summed E-state index contributed by atoms with van der Waals surface area (Å²) in [6.07, 6.45) is 1.23. The van der Waals surface area contributed by atoms with E-state index in [0.717, 1.165) is 6.92 Å². The predicted octanol–water partition coefficient (Wildman–Crippen LogP) is 2.12. The monoisotopic (exact) mass is 234 g/mol. The largest absolute Gasteiger partial charge is 0.346 e. The van der Waals surface area contributed by atoms with E-state index in [4.69, 9.17) is 11.6 Å². The van der Waals surface area contributed by atoms with Gasteiger partial charge in [0.05, 0.1) is 12.1 Å². The van der Waals surface area contributed by atoms with Crippen LogP contribution in [0.15, 0.2) is 18.3 Å². The van der Waals surface area contributed by atoms with Crippen molar-refractivity contribution >= 4 is 17.5 Å². The van der Waals surface area contributed by atoms with E-state index in [1.165, 1.54) is 18.3 Å². The molecule has 6 heteroatoms. The molecule has 0 aliphatic carbocycles. The molecule has 82 valence electrons. The van der Waals surface area contributed by atoms with E-state index in [0.29, 0.717) is 0 Å². The highest BCUT2D eigenvalue weighted by Crippen LogP contribution is 2.10. The number of hydrogen-bond donors (Lipinski definition) is 1. The number of alkyl halides is 2. The molecule has 0 bridgehead atoms. The maximum absolute atomic E-state index is 12.4. The van der Waals surface area contributed by atoms with Gasteiger partial charge in [-0.05, 0) is 12.1 Å². The molecule has 1 rings (SSSR count). The van der Waals surface area contributed by atoms with E-state index in [1.807, 2.05) is 0 Å². The highest BCUT2D eigenvalue weighted by molar-refractivity contribution is 6.29. The molecule has 15 heavy (non-hydrogen) atoms. The van der Waals surface area contributed by atoms with Crippen molar-refractivity contribution < 1.29 is 13.6 Å². The zero-order valence-corrected chi connectivity index (χ0v) is 8.68. The Morgan fingerprint density at radius 1 is 1.60 bits per heavy atom. The van der Waals surface area contributed by atoms with Gasteiger partial charge in [-0.25, -0.2) is 13.8 Å². The lowest BCUT2D eigenvalue weighted by Crippen LogP contribution is -2.34. The molecule has 0 atom stereocenters. The topological polar surface area (TPSA) is 42.0 Å². The molecule has 1 aromatic rings. The van der Waals surface area contributed by atoms with Gasteiger partial charge in [0.2, 0.25) is 0 Å². The molecule has 0 spiro atoms. The summed E-state index contributed by atoms with van der Waals surface area (Å²) < 4.78 is 24.8. The summed E-state index contributed by atoms with van der Waals surface area (Å²) in [5, 5.41) is 2.33. The van der Waals surface area contributed by atoms with E-state index in [2.05, 4.69) is 10.3 Å². The molecule has 0 aliphatic rings. The van der Waals surface area contributed by atoms with E-state index in [-0.39, 0.29) is 10.7 Å². The van der Waals surface area contributed by atoms with Crippen molar-refractivity contribution in [2.75, 3.05) is 6.54 Å². The maximum Gasteiger partial charge on any atom is 0.262 e. The number of aromatic nitrogens is 1. The van der Waals surface area contributed by atoms with Crippen LogP contribution in [0.4, 0.5) is 8.78 Å². The Balaban J connectivity index is 2.58. The lowest BCUT2D eigenvalue weighted by Gasteiger charge is -2.10. The van der Waals surface area contributed by atoms with Gasteiger partial charge in [-0.1, -0.05) is 11.6 Å².